The van der Waals surface area contributed by atoms with Crippen LogP contribution in [0.4, 0.5) is 0 Å². The van der Waals surface area contributed by atoms with Crippen LogP contribution in [0.25, 0.3) is 0 Å². The van der Waals surface area contributed by atoms with Crippen molar-refractivity contribution in [2.75, 3.05) is 13.3 Å². The number of aliphatic hydroxyl groups excluding tert-OH is 1. The van der Waals surface area contributed by atoms with Crippen molar-refractivity contribution in [1.29, 1.82) is 0 Å². The monoisotopic (exact) mass is 184 g/mol. The van der Waals surface area contributed by atoms with E-state index in [-0.39, 0.29) is 6.23 Å². The van der Waals surface area contributed by atoms with Crippen LogP contribution < -0.4 is 0 Å². The van der Waals surface area contributed by atoms with Crippen LogP contribution >= 0.6 is 0 Å². The Morgan fingerprint density at radius 2 is 1.89 bits per heavy atom. The van der Waals surface area contributed by atoms with Crippen molar-refractivity contribution in [1.82, 2.24) is 0 Å². The zero-order chi connectivity index (χ0) is 7.33. The van der Waals surface area contributed by atoms with Gasteiger partial charge >= 0.3 is 8.80 Å². The molecule has 0 aliphatic heterocycles. The molecule has 0 aromatic rings. The zero-order valence-electron chi connectivity index (χ0n) is 5.88. The molecule has 7 heteroatoms. The Labute approximate surface area is 61.6 Å². The van der Waals surface area contributed by atoms with E-state index in [1.165, 1.54) is 7.11 Å². The molecular weight excluding hydrogens is 172 g/mol. The van der Waals surface area contributed by atoms with E-state index in [1.807, 2.05) is 0 Å². The second kappa shape index (κ2) is 4.33. The van der Waals surface area contributed by atoms with E-state index < -0.39 is 8.80 Å². The summed E-state index contributed by atoms with van der Waals surface area (Å²) in [5, 5.41) is 8.71. The van der Waals surface area contributed by atoms with Gasteiger partial charge in [-0.25, -0.2) is 0 Å². The van der Waals surface area contributed by atoms with Gasteiger partial charge in [0.2, 0.25) is 0 Å². The van der Waals surface area contributed by atoms with E-state index in [0.29, 0.717) is 21.0 Å². The Kier molecular flexibility index (Phi) is 4.56. The van der Waals surface area contributed by atoms with E-state index in [9.17, 15) is 0 Å². The molecule has 0 aromatic heterocycles. The average Bonchev–Trinajstić information content (AvgIpc) is 1.95. The molecule has 0 rings (SSSR count). The summed E-state index contributed by atoms with van der Waals surface area (Å²) >= 11 is 0. The molecule has 0 radical (unpaired) electrons. The third-order valence-electron chi connectivity index (χ3n) is 1.13. The van der Waals surface area contributed by atoms with Gasteiger partial charge in [0.05, 0.1) is 0 Å². The molecule has 0 atom stereocenters. The van der Waals surface area contributed by atoms with Crippen LogP contribution in [0.15, 0.2) is 0 Å². The molecule has 0 fully saturated rings. The highest BCUT2D eigenvalue weighted by atomic mass is 28.4. The topological polar surface area (TPSA) is 47.9 Å². The average molecular weight is 184 g/mol. The Hall–Kier alpha value is 0.491. The van der Waals surface area contributed by atoms with E-state index in [2.05, 4.69) is 0 Å². The quantitative estimate of drug-likeness (QED) is 0.465. The van der Waals surface area contributed by atoms with E-state index in [4.69, 9.17) is 17.8 Å². The summed E-state index contributed by atoms with van der Waals surface area (Å²) in [5.74, 6) is 0. The lowest BCUT2D eigenvalue weighted by Gasteiger charge is -2.22. The largest absolute Gasteiger partial charge is 0.505 e. The second-order valence-corrected chi connectivity index (χ2v) is 6.81. The SMILES string of the molecule is CO[Si](CO)(O[SiH3])O[SiH3]. The van der Waals surface area contributed by atoms with Crippen molar-refractivity contribution < 1.29 is 17.8 Å². The van der Waals surface area contributed by atoms with E-state index in [1.54, 1.807) is 0 Å². The fourth-order valence-corrected chi connectivity index (χ4v) is 5.11. The van der Waals surface area contributed by atoms with Crippen molar-refractivity contribution in [3.8, 4) is 0 Å². The van der Waals surface area contributed by atoms with Gasteiger partial charge in [-0.05, 0) is 0 Å². The van der Waals surface area contributed by atoms with Crippen molar-refractivity contribution in [3.05, 3.63) is 0 Å². The first kappa shape index (κ1) is 9.49. The Morgan fingerprint density at radius 1 is 1.44 bits per heavy atom. The highest BCUT2D eigenvalue weighted by Crippen LogP contribution is 2.01. The van der Waals surface area contributed by atoms with E-state index >= 15 is 0 Å². The second-order valence-electron chi connectivity index (χ2n) is 1.45. The van der Waals surface area contributed by atoms with Crippen molar-refractivity contribution >= 4 is 29.8 Å². The first-order valence-corrected chi connectivity index (χ1v) is 6.07. The van der Waals surface area contributed by atoms with Gasteiger partial charge in [0.25, 0.3) is 0 Å². The summed E-state index contributed by atoms with van der Waals surface area (Å²) in [5.41, 5.74) is 0. The van der Waals surface area contributed by atoms with Gasteiger partial charge in [-0.3, -0.25) is 0 Å². The highest BCUT2D eigenvalue weighted by molar-refractivity contribution is 6.66. The molecule has 0 aliphatic rings. The summed E-state index contributed by atoms with van der Waals surface area (Å²) in [6, 6.07) is 0. The van der Waals surface area contributed by atoms with Crippen molar-refractivity contribution in [2.45, 2.75) is 0 Å². The fourth-order valence-electron chi connectivity index (χ4n) is 0.444. The van der Waals surface area contributed by atoms with Crippen LogP contribution in [-0.2, 0) is 12.7 Å². The van der Waals surface area contributed by atoms with Crippen molar-refractivity contribution in [3.63, 3.8) is 0 Å². The van der Waals surface area contributed by atoms with Gasteiger partial charge in [0.1, 0.15) is 27.2 Å². The molecule has 4 nitrogen and oxygen atoms in total. The standard InChI is InChI=1S/C2H12O4Si3/c1-4-9(2-3,5-7)6-8/h3H,2H2,1,7-8H3. The van der Waals surface area contributed by atoms with Crippen LogP contribution in [0.1, 0.15) is 0 Å². The molecule has 56 valence electrons. The number of hydrogen-bond acceptors (Lipinski definition) is 4. The molecule has 0 bridgehead atoms. The Balaban J connectivity index is 3.82. The first-order valence-electron chi connectivity index (χ1n) is 2.51. The van der Waals surface area contributed by atoms with Gasteiger partial charge in [-0.2, -0.15) is 0 Å². The maximum Gasteiger partial charge on any atom is 0.505 e. The molecule has 0 unspecified atom stereocenters. The summed E-state index contributed by atoms with van der Waals surface area (Å²) in [4.78, 5) is 0. The predicted octanol–water partition coefficient (Wildman–Crippen LogP) is -3.30. The lowest BCUT2D eigenvalue weighted by atomic mass is 11.7. The molecule has 0 heterocycles. The smallest absolute Gasteiger partial charge is 0.424 e. The number of hydrogen-bond donors (Lipinski definition) is 1. The summed E-state index contributed by atoms with van der Waals surface area (Å²) in [6.07, 6.45) is -0.115. The van der Waals surface area contributed by atoms with Gasteiger partial charge in [0, 0.05) is 7.11 Å². The highest BCUT2D eigenvalue weighted by Gasteiger charge is 2.35. The molecule has 0 spiro atoms. The van der Waals surface area contributed by atoms with Crippen LogP contribution in [0, 0.1) is 0 Å². The molecule has 0 amide bonds. The lowest BCUT2D eigenvalue weighted by molar-refractivity contribution is 0.173. The molecule has 1 N–H and O–H groups in total. The Morgan fingerprint density at radius 3 is 1.89 bits per heavy atom. The summed E-state index contributed by atoms with van der Waals surface area (Å²) in [6.45, 7) is 0. The zero-order valence-corrected chi connectivity index (χ0v) is 10.9. The first-order chi connectivity index (χ1) is 4.24. The van der Waals surface area contributed by atoms with Gasteiger partial charge in [0.15, 0.2) is 0 Å². The molecular formula is C2H12O4Si3. The molecule has 9 heavy (non-hydrogen) atoms. The van der Waals surface area contributed by atoms with Gasteiger partial charge < -0.3 is 17.8 Å². The van der Waals surface area contributed by atoms with Crippen molar-refractivity contribution in [2.24, 2.45) is 0 Å². The maximum atomic E-state index is 8.71. The number of rotatable bonds is 4. The van der Waals surface area contributed by atoms with Crippen LogP contribution in [0.2, 0.25) is 0 Å². The normalized spacial score (nSPS) is 18.0. The minimum absolute atomic E-state index is 0.115. The fraction of sp³-hybridized carbons (Fsp3) is 1.00. The molecule has 0 saturated heterocycles. The van der Waals surface area contributed by atoms with Crippen LogP contribution in [0.3, 0.4) is 0 Å². The van der Waals surface area contributed by atoms with Gasteiger partial charge in [-0.1, -0.05) is 0 Å². The minimum Gasteiger partial charge on any atom is -0.424 e. The van der Waals surface area contributed by atoms with Crippen LogP contribution in [-0.4, -0.2) is 48.2 Å². The van der Waals surface area contributed by atoms with Gasteiger partial charge in [-0.15, -0.1) is 0 Å². The molecule has 0 saturated carbocycles. The summed E-state index contributed by atoms with van der Waals surface area (Å²) in [7, 11) is 0.0840. The maximum absolute atomic E-state index is 8.71. The lowest BCUT2D eigenvalue weighted by Crippen LogP contribution is -2.47. The Bertz CT molecular complexity index is 56.7. The minimum atomic E-state index is -2.51. The summed E-state index contributed by atoms with van der Waals surface area (Å²) < 4.78 is 14.9. The molecule has 0 aliphatic carbocycles. The molecule has 0 aromatic carbocycles. The van der Waals surface area contributed by atoms with Crippen LogP contribution in [0.5, 0.6) is 0 Å². The third kappa shape index (κ3) is 2.29. The predicted molar refractivity (Wildman–Crippen MR) is 41.9 cm³/mol. The number of aliphatic hydroxyl groups is 1. The third-order valence-corrected chi connectivity index (χ3v) is 7.11. The van der Waals surface area contributed by atoms with E-state index in [0.717, 1.165) is 0 Å².